The molecule has 0 radical (unpaired) electrons. The molecule has 3 N–H and O–H groups in total. The number of alkyl halides is 3. The number of phenols is 1. The highest BCUT2D eigenvalue weighted by Gasteiger charge is 2.33. The second-order valence-corrected chi connectivity index (χ2v) is 5.31. The number of para-hydroxylation sites is 1. The van der Waals surface area contributed by atoms with Gasteiger partial charge in [0.25, 0.3) is 0 Å². The van der Waals surface area contributed by atoms with Gasteiger partial charge in [-0.2, -0.15) is 18.3 Å². The van der Waals surface area contributed by atoms with Gasteiger partial charge in [0.1, 0.15) is 5.75 Å². The number of hydrogen-bond acceptors (Lipinski definition) is 4. The molecule has 2 aromatic carbocycles. The summed E-state index contributed by atoms with van der Waals surface area (Å²) < 4.78 is 38.3. The molecule has 6 nitrogen and oxygen atoms in total. The fourth-order valence-electron chi connectivity index (χ4n) is 1.82. The van der Waals surface area contributed by atoms with Crippen molar-refractivity contribution in [3.8, 4) is 5.75 Å². The van der Waals surface area contributed by atoms with E-state index in [1.165, 1.54) is 12.1 Å². The maximum atomic E-state index is 12.8. The molecule has 0 bridgehead atoms. The molecule has 0 unspecified atom stereocenters. The topological polar surface area (TPSA) is 90.8 Å². The van der Waals surface area contributed by atoms with E-state index in [9.17, 15) is 27.9 Å². The van der Waals surface area contributed by atoms with E-state index < -0.39 is 28.6 Å². The minimum Gasteiger partial charge on any atom is -0.507 e. The number of amides is 2. The molecule has 0 aliphatic carbocycles. The second kappa shape index (κ2) is 7.87. The van der Waals surface area contributed by atoms with E-state index in [4.69, 9.17) is 11.6 Å². The monoisotopic (exact) mass is 385 g/mol. The van der Waals surface area contributed by atoms with E-state index in [0.717, 1.165) is 18.3 Å². The predicted octanol–water partition coefficient (Wildman–Crippen LogP) is 3.15. The van der Waals surface area contributed by atoms with Gasteiger partial charge in [-0.1, -0.05) is 23.7 Å². The van der Waals surface area contributed by atoms with Crippen molar-refractivity contribution < 1.29 is 27.9 Å². The number of nitrogens with zero attached hydrogens (tertiary/aromatic N) is 1. The third-order valence-corrected chi connectivity index (χ3v) is 3.37. The van der Waals surface area contributed by atoms with E-state index >= 15 is 0 Å². The molecule has 0 aliphatic heterocycles. The van der Waals surface area contributed by atoms with Gasteiger partial charge in [-0.05, 0) is 30.3 Å². The first-order valence-corrected chi connectivity index (χ1v) is 7.35. The van der Waals surface area contributed by atoms with Gasteiger partial charge in [-0.3, -0.25) is 9.59 Å². The molecule has 0 aromatic heterocycles. The van der Waals surface area contributed by atoms with Gasteiger partial charge in [0.2, 0.25) is 0 Å². The molecule has 10 heteroatoms. The molecule has 2 rings (SSSR count). The zero-order valence-corrected chi connectivity index (χ0v) is 13.6. The fraction of sp³-hybridized carbons (Fsp3) is 0.0625. The first-order chi connectivity index (χ1) is 12.2. The molecular weight excluding hydrogens is 375 g/mol. The lowest BCUT2D eigenvalue weighted by molar-refractivity contribution is -0.137. The van der Waals surface area contributed by atoms with Crippen LogP contribution in [0.2, 0.25) is 5.02 Å². The molecule has 0 fully saturated rings. The maximum Gasteiger partial charge on any atom is 0.417 e. The summed E-state index contributed by atoms with van der Waals surface area (Å²) in [6.07, 6.45) is -3.60. The first-order valence-electron chi connectivity index (χ1n) is 6.97. The summed E-state index contributed by atoms with van der Waals surface area (Å²) in [5.41, 5.74) is 0.785. The summed E-state index contributed by atoms with van der Waals surface area (Å²) in [4.78, 5) is 23.3. The van der Waals surface area contributed by atoms with Gasteiger partial charge in [-0.15, -0.1) is 0 Å². The number of phenolic OH excluding ortho intramolecular Hbond substituents is 1. The Kier molecular flexibility index (Phi) is 5.83. The zero-order valence-electron chi connectivity index (χ0n) is 12.8. The van der Waals surface area contributed by atoms with Crippen molar-refractivity contribution in [2.45, 2.75) is 6.18 Å². The molecule has 0 saturated heterocycles. The lowest BCUT2D eigenvalue weighted by Crippen LogP contribution is -2.32. The van der Waals surface area contributed by atoms with Gasteiger partial charge < -0.3 is 10.4 Å². The SMILES string of the molecule is O=C(N/N=C\c1ccccc1O)C(=O)Nc1ccc(Cl)c(C(F)(F)F)c1. The van der Waals surface area contributed by atoms with Crippen LogP contribution in [0.25, 0.3) is 0 Å². The normalized spacial score (nSPS) is 11.4. The molecule has 0 aliphatic rings. The lowest BCUT2D eigenvalue weighted by Gasteiger charge is -2.11. The lowest BCUT2D eigenvalue weighted by atomic mass is 10.2. The molecule has 0 spiro atoms. The van der Waals surface area contributed by atoms with Crippen LogP contribution in [0.15, 0.2) is 47.6 Å². The number of benzene rings is 2. The van der Waals surface area contributed by atoms with Crippen molar-refractivity contribution in [1.29, 1.82) is 0 Å². The number of aromatic hydroxyl groups is 1. The number of hydrogen-bond donors (Lipinski definition) is 3. The largest absolute Gasteiger partial charge is 0.507 e. The van der Waals surface area contributed by atoms with Crippen LogP contribution >= 0.6 is 11.6 Å². The number of anilines is 1. The van der Waals surface area contributed by atoms with Gasteiger partial charge in [0, 0.05) is 11.3 Å². The van der Waals surface area contributed by atoms with Crippen LogP contribution in [-0.4, -0.2) is 23.1 Å². The summed E-state index contributed by atoms with van der Waals surface area (Å²) in [5.74, 6) is -2.52. The Labute approximate surface area is 150 Å². The van der Waals surface area contributed by atoms with Crippen LogP contribution in [0, 0.1) is 0 Å². The van der Waals surface area contributed by atoms with E-state index in [-0.39, 0.29) is 11.4 Å². The average Bonchev–Trinajstić information content (AvgIpc) is 2.57. The number of carbonyl (C=O) groups excluding carboxylic acids is 2. The van der Waals surface area contributed by atoms with Gasteiger partial charge >= 0.3 is 18.0 Å². The Morgan fingerprint density at radius 2 is 1.81 bits per heavy atom. The summed E-state index contributed by atoms with van der Waals surface area (Å²) in [6, 6.07) is 8.79. The van der Waals surface area contributed by atoms with E-state index in [1.54, 1.807) is 12.1 Å². The Morgan fingerprint density at radius 1 is 1.12 bits per heavy atom. The molecule has 0 heterocycles. The molecule has 0 atom stereocenters. The summed E-state index contributed by atoms with van der Waals surface area (Å²) in [7, 11) is 0. The third kappa shape index (κ3) is 4.96. The minimum atomic E-state index is -4.71. The second-order valence-electron chi connectivity index (χ2n) is 4.90. The zero-order chi connectivity index (χ0) is 19.3. The van der Waals surface area contributed by atoms with Crippen molar-refractivity contribution >= 4 is 35.3 Å². The Hall–Kier alpha value is -3.07. The van der Waals surface area contributed by atoms with Crippen LogP contribution in [0.1, 0.15) is 11.1 Å². The number of nitrogens with one attached hydrogen (secondary N) is 2. The Balaban J connectivity index is 2.01. The standard InChI is InChI=1S/C16H11ClF3N3O3/c17-12-6-5-10(7-11(12)16(18,19)20)22-14(25)15(26)23-21-8-9-3-1-2-4-13(9)24/h1-8,24H,(H,22,25)(H,23,26)/b21-8-. The summed E-state index contributed by atoms with van der Waals surface area (Å²) in [5, 5.41) is 14.5. The number of halogens is 4. The van der Waals surface area contributed by atoms with Crippen LogP contribution in [0.3, 0.4) is 0 Å². The molecule has 2 amide bonds. The first kappa shape index (κ1) is 19.3. The number of hydrazone groups is 1. The molecular formula is C16H11ClF3N3O3. The quantitative estimate of drug-likeness (QED) is 0.430. The average molecular weight is 386 g/mol. The van der Waals surface area contributed by atoms with Crippen molar-refractivity contribution in [2.75, 3.05) is 5.32 Å². The maximum absolute atomic E-state index is 12.8. The molecule has 136 valence electrons. The van der Waals surface area contributed by atoms with E-state index in [2.05, 4.69) is 5.10 Å². The van der Waals surface area contributed by atoms with Crippen LogP contribution < -0.4 is 10.7 Å². The van der Waals surface area contributed by atoms with Crippen LogP contribution in [-0.2, 0) is 15.8 Å². The third-order valence-electron chi connectivity index (χ3n) is 3.04. The highest BCUT2D eigenvalue weighted by atomic mass is 35.5. The Bertz CT molecular complexity index is 869. The molecule has 0 saturated carbocycles. The van der Waals surface area contributed by atoms with Gasteiger partial charge in [0.05, 0.1) is 16.8 Å². The highest BCUT2D eigenvalue weighted by molar-refractivity contribution is 6.39. The minimum absolute atomic E-state index is 0.0872. The van der Waals surface area contributed by atoms with E-state index in [1.807, 2.05) is 10.7 Å². The summed E-state index contributed by atoms with van der Waals surface area (Å²) in [6.45, 7) is 0. The predicted molar refractivity (Wildman–Crippen MR) is 88.9 cm³/mol. The van der Waals surface area contributed by atoms with Crippen LogP contribution in [0.4, 0.5) is 18.9 Å². The summed E-state index contributed by atoms with van der Waals surface area (Å²) >= 11 is 5.47. The van der Waals surface area contributed by atoms with E-state index in [0.29, 0.717) is 11.6 Å². The van der Waals surface area contributed by atoms with Crippen LogP contribution in [0.5, 0.6) is 5.75 Å². The number of rotatable bonds is 3. The van der Waals surface area contributed by atoms with Gasteiger partial charge in [0.15, 0.2) is 0 Å². The number of carbonyl (C=O) groups is 2. The molecule has 26 heavy (non-hydrogen) atoms. The van der Waals surface area contributed by atoms with Crippen molar-refractivity contribution in [3.63, 3.8) is 0 Å². The highest BCUT2D eigenvalue weighted by Crippen LogP contribution is 2.36. The van der Waals surface area contributed by atoms with Crippen molar-refractivity contribution in [1.82, 2.24) is 5.43 Å². The molecule has 2 aromatic rings. The Morgan fingerprint density at radius 3 is 2.46 bits per heavy atom. The smallest absolute Gasteiger partial charge is 0.417 e. The van der Waals surface area contributed by atoms with Gasteiger partial charge in [-0.25, -0.2) is 5.43 Å². The van der Waals surface area contributed by atoms with Crippen molar-refractivity contribution in [2.24, 2.45) is 5.10 Å². The van der Waals surface area contributed by atoms with Crippen molar-refractivity contribution in [3.05, 3.63) is 58.6 Å². The fourth-order valence-corrected chi connectivity index (χ4v) is 2.04.